The maximum Gasteiger partial charge on any atom is 0.227 e. The number of fused-ring (bicyclic) bond motifs is 1. The number of benzene rings is 1. The maximum absolute atomic E-state index is 14.7. The lowest BCUT2D eigenvalue weighted by Gasteiger charge is -2.41. The Morgan fingerprint density at radius 3 is 2.68 bits per heavy atom. The van der Waals surface area contributed by atoms with Crippen molar-refractivity contribution in [2.75, 3.05) is 59.9 Å². The fourth-order valence-corrected chi connectivity index (χ4v) is 6.24. The van der Waals surface area contributed by atoms with Crippen LogP contribution >= 0.6 is 0 Å². The molecule has 2 atom stereocenters. The lowest BCUT2D eigenvalue weighted by Crippen LogP contribution is -2.52. The Balaban J connectivity index is 1.35. The van der Waals surface area contributed by atoms with Gasteiger partial charge >= 0.3 is 0 Å². The second kappa shape index (κ2) is 10.1. The van der Waals surface area contributed by atoms with E-state index in [1.54, 1.807) is 37.4 Å². The van der Waals surface area contributed by atoms with Crippen molar-refractivity contribution in [3.05, 3.63) is 36.7 Å². The summed E-state index contributed by atoms with van der Waals surface area (Å²) in [6.07, 6.45) is 2.67. The van der Waals surface area contributed by atoms with Gasteiger partial charge in [-0.15, -0.1) is 0 Å². The first-order valence-corrected chi connectivity index (χ1v) is 14.5. The zero-order chi connectivity index (χ0) is 27.1. The summed E-state index contributed by atoms with van der Waals surface area (Å²) < 4.78 is 44.3. The SMILES string of the molecule is CCS(=O)(=O)CC1CN(c2ccc(OC)c3cc(Nc4ccnc(N5CC[C@@H](O)[C@@](C)(F)C5)n4)ncc23)C1. The molecule has 0 radical (unpaired) electrons. The largest absolute Gasteiger partial charge is 0.496 e. The number of sulfone groups is 1. The minimum atomic E-state index is -3.00. The van der Waals surface area contributed by atoms with Gasteiger partial charge in [-0.3, -0.25) is 0 Å². The molecule has 5 rings (SSSR count). The highest BCUT2D eigenvalue weighted by atomic mass is 32.2. The second-order valence-electron chi connectivity index (χ2n) is 10.2. The molecule has 38 heavy (non-hydrogen) atoms. The minimum absolute atomic E-state index is 0.00749. The molecule has 2 aliphatic heterocycles. The summed E-state index contributed by atoms with van der Waals surface area (Å²) in [6, 6.07) is 7.47. The molecule has 0 unspecified atom stereocenters. The van der Waals surface area contributed by atoms with Gasteiger partial charge in [0.05, 0.1) is 25.5 Å². The molecule has 12 heteroatoms. The highest BCUT2D eigenvalue weighted by molar-refractivity contribution is 7.91. The number of aromatic nitrogens is 3. The van der Waals surface area contributed by atoms with Crippen molar-refractivity contribution < 1.29 is 22.7 Å². The van der Waals surface area contributed by atoms with Gasteiger partial charge < -0.3 is 25.0 Å². The van der Waals surface area contributed by atoms with Gasteiger partial charge in [-0.1, -0.05) is 6.92 Å². The lowest BCUT2D eigenvalue weighted by atomic mass is 9.94. The third-order valence-corrected chi connectivity index (χ3v) is 9.19. The minimum Gasteiger partial charge on any atom is -0.496 e. The normalized spacial score (nSPS) is 22.4. The summed E-state index contributed by atoms with van der Waals surface area (Å²) in [4.78, 5) is 17.3. The van der Waals surface area contributed by atoms with Gasteiger partial charge in [-0.2, -0.15) is 4.98 Å². The Hall–Kier alpha value is -3.25. The van der Waals surface area contributed by atoms with Crippen LogP contribution in [0.1, 0.15) is 20.3 Å². The van der Waals surface area contributed by atoms with Crippen LogP contribution in [0.4, 0.5) is 27.7 Å². The van der Waals surface area contributed by atoms with Crippen LogP contribution in [0.25, 0.3) is 10.8 Å². The number of methoxy groups -OCH3 is 1. The predicted molar refractivity (Wildman–Crippen MR) is 146 cm³/mol. The molecule has 10 nitrogen and oxygen atoms in total. The Morgan fingerprint density at radius 1 is 1.18 bits per heavy atom. The van der Waals surface area contributed by atoms with Gasteiger partial charge in [-0.05, 0) is 37.6 Å². The fraction of sp³-hybridized carbons (Fsp3) is 0.500. The first-order chi connectivity index (χ1) is 18.1. The van der Waals surface area contributed by atoms with Crippen molar-refractivity contribution in [2.45, 2.75) is 32.0 Å². The first-order valence-electron chi connectivity index (χ1n) is 12.7. The number of nitrogens with zero attached hydrogens (tertiary/aromatic N) is 5. The van der Waals surface area contributed by atoms with Crippen LogP contribution < -0.4 is 19.9 Å². The molecule has 204 valence electrons. The van der Waals surface area contributed by atoms with E-state index in [1.165, 1.54) is 6.92 Å². The van der Waals surface area contributed by atoms with Gasteiger partial charge in [0.15, 0.2) is 5.67 Å². The number of hydrogen-bond donors (Lipinski definition) is 2. The molecule has 2 aliphatic rings. The molecule has 0 saturated carbocycles. The van der Waals surface area contributed by atoms with Crippen LogP contribution in [-0.2, 0) is 9.84 Å². The number of hydrogen-bond acceptors (Lipinski definition) is 10. The van der Waals surface area contributed by atoms with Crippen LogP contribution in [-0.4, -0.2) is 85.0 Å². The number of ether oxygens (including phenoxy) is 1. The first kappa shape index (κ1) is 26.4. The number of nitrogens with one attached hydrogen (secondary N) is 1. The molecule has 0 aliphatic carbocycles. The summed E-state index contributed by atoms with van der Waals surface area (Å²) in [5.41, 5.74) is -0.754. The predicted octanol–water partition coefficient (Wildman–Crippen LogP) is 2.95. The number of piperidine rings is 1. The number of alkyl halides is 1. The van der Waals surface area contributed by atoms with Crippen molar-refractivity contribution in [3.63, 3.8) is 0 Å². The molecule has 0 amide bonds. The van der Waals surface area contributed by atoms with Crippen LogP contribution in [0.5, 0.6) is 5.75 Å². The molecule has 1 aromatic carbocycles. The molecule has 2 N–H and O–H groups in total. The zero-order valence-electron chi connectivity index (χ0n) is 21.8. The molecule has 4 heterocycles. The van der Waals surface area contributed by atoms with E-state index in [2.05, 4.69) is 25.2 Å². The van der Waals surface area contributed by atoms with Crippen molar-refractivity contribution >= 4 is 43.9 Å². The van der Waals surface area contributed by atoms with Gasteiger partial charge in [0.25, 0.3) is 0 Å². The number of anilines is 4. The second-order valence-corrected chi connectivity index (χ2v) is 12.6. The van der Waals surface area contributed by atoms with Crippen molar-refractivity contribution in [1.82, 2.24) is 15.0 Å². The van der Waals surface area contributed by atoms with E-state index >= 15 is 0 Å². The van der Waals surface area contributed by atoms with E-state index in [1.807, 2.05) is 18.2 Å². The zero-order valence-corrected chi connectivity index (χ0v) is 22.6. The number of aliphatic hydroxyl groups is 1. The van der Waals surface area contributed by atoms with E-state index in [-0.39, 0.29) is 24.0 Å². The maximum atomic E-state index is 14.7. The van der Waals surface area contributed by atoms with Crippen LogP contribution in [0.15, 0.2) is 36.7 Å². The summed E-state index contributed by atoms with van der Waals surface area (Å²) in [6.45, 7) is 4.89. The standard InChI is InChI=1S/C26H33FN6O4S/c1-4-38(35,36)15-17-13-33(14-17)20-5-6-21(37-3)18-11-24(29-12-19(18)20)30-23-7-9-28-25(31-23)32-10-8-22(34)26(2,27)16-32/h5-7,9,11-12,17,22,34H,4,8,10,13-16H2,1-3H3,(H,28,29,30,31)/t22-,26+/m1/s1. The van der Waals surface area contributed by atoms with E-state index in [9.17, 15) is 17.9 Å². The third-order valence-electron chi connectivity index (χ3n) is 7.33. The number of halogens is 1. The van der Waals surface area contributed by atoms with E-state index in [0.717, 1.165) is 16.5 Å². The highest BCUT2D eigenvalue weighted by Crippen LogP contribution is 2.38. The topological polar surface area (TPSA) is 121 Å². The van der Waals surface area contributed by atoms with E-state index < -0.39 is 21.6 Å². The number of aliphatic hydroxyl groups excluding tert-OH is 1. The molecule has 2 fully saturated rings. The smallest absolute Gasteiger partial charge is 0.227 e. The average molecular weight is 545 g/mol. The van der Waals surface area contributed by atoms with Gasteiger partial charge in [-0.25, -0.2) is 22.8 Å². The van der Waals surface area contributed by atoms with Crippen LogP contribution in [0, 0.1) is 5.92 Å². The summed E-state index contributed by atoms with van der Waals surface area (Å²) in [7, 11) is -1.39. The monoisotopic (exact) mass is 544 g/mol. The van der Waals surface area contributed by atoms with Crippen molar-refractivity contribution in [3.8, 4) is 5.75 Å². The Labute approximate surface area is 221 Å². The van der Waals surface area contributed by atoms with Gasteiger partial charge in [0, 0.05) is 60.2 Å². The Bertz CT molecular complexity index is 1430. The lowest BCUT2D eigenvalue weighted by molar-refractivity contribution is -0.00860. The van der Waals surface area contributed by atoms with Crippen LogP contribution in [0.2, 0.25) is 0 Å². The third kappa shape index (κ3) is 5.32. The number of pyridine rings is 1. The molecule has 3 aromatic rings. The molecule has 2 saturated heterocycles. The van der Waals surface area contributed by atoms with Crippen molar-refractivity contribution in [1.29, 1.82) is 0 Å². The molecule has 2 aromatic heterocycles. The summed E-state index contributed by atoms with van der Waals surface area (Å²) >= 11 is 0. The molecule has 0 spiro atoms. The molecular formula is C26H33FN6O4S. The molecular weight excluding hydrogens is 511 g/mol. The fourth-order valence-electron chi connectivity index (χ4n) is 5.08. The van der Waals surface area contributed by atoms with Crippen molar-refractivity contribution in [2.24, 2.45) is 5.92 Å². The van der Waals surface area contributed by atoms with Gasteiger partial charge in [0.1, 0.15) is 27.2 Å². The van der Waals surface area contributed by atoms with Gasteiger partial charge in [0.2, 0.25) is 5.95 Å². The summed E-state index contributed by atoms with van der Waals surface area (Å²) in [5.74, 6) is 2.63. The Morgan fingerprint density at radius 2 is 1.97 bits per heavy atom. The number of rotatable bonds is 8. The van der Waals surface area contributed by atoms with Crippen LogP contribution in [0.3, 0.4) is 0 Å². The quantitative estimate of drug-likeness (QED) is 0.438. The average Bonchev–Trinajstić information content (AvgIpc) is 2.87. The molecule has 0 bridgehead atoms. The highest BCUT2D eigenvalue weighted by Gasteiger charge is 2.39. The summed E-state index contributed by atoms with van der Waals surface area (Å²) in [5, 5.41) is 14.9. The van der Waals surface area contributed by atoms with E-state index in [4.69, 9.17) is 4.74 Å². The van der Waals surface area contributed by atoms with E-state index in [0.29, 0.717) is 49.4 Å². The Kier molecular flexibility index (Phi) is 7.03.